The summed E-state index contributed by atoms with van der Waals surface area (Å²) in [6.07, 6.45) is 36.7. The zero-order valence-electron chi connectivity index (χ0n) is 33.7. The molecule has 1 aliphatic heterocycles. The predicted octanol–water partition coefficient (Wildman–Crippen LogP) is 13.3. The molecule has 7 rings (SSSR count). The van der Waals surface area contributed by atoms with Crippen molar-refractivity contribution >= 4 is 8.07 Å². The third-order valence-electron chi connectivity index (χ3n) is 17.4. The first-order valence-electron chi connectivity index (χ1n) is 23.1. The topological polar surface area (TPSA) is 12.5 Å². The van der Waals surface area contributed by atoms with E-state index in [9.17, 15) is 0 Å². The van der Waals surface area contributed by atoms with Crippen molar-refractivity contribution in [3.63, 3.8) is 0 Å². The number of unbranched alkanes of at least 4 members (excludes halogenated alkanes) is 6. The van der Waals surface area contributed by atoms with Crippen LogP contribution in [0.3, 0.4) is 0 Å². The number of hydrogen-bond donors (Lipinski definition) is 0. The molecule has 6 aliphatic carbocycles. The molecule has 14 unspecified atom stereocenters. The zero-order chi connectivity index (χ0) is 34.2. The highest BCUT2D eigenvalue weighted by atomic mass is 28.3. The second kappa shape index (κ2) is 16.2. The van der Waals surface area contributed by atoms with Crippen LogP contribution in [0.2, 0.25) is 23.7 Å². The molecule has 7 aliphatic rings. The number of rotatable bonds is 14. The van der Waals surface area contributed by atoms with Crippen LogP contribution in [0, 0.1) is 53.3 Å². The maximum atomic E-state index is 6.18. The lowest BCUT2D eigenvalue weighted by molar-refractivity contribution is -0.00471. The largest absolute Gasteiger partial charge is 0.376 e. The molecule has 0 bridgehead atoms. The van der Waals surface area contributed by atoms with E-state index in [1.807, 2.05) is 0 Å². The third kappa shape index (κ3) is 7.60. The predicted molar refractivity (Wildman–Crippen MR) is 213 cm³/mol. The van der Waals surface area contributed by atoms with Crippen molar-refractivity contribution < 1.29 is 4.74 Å². The Bertz CT molecular complexity index is 1040. The van der Waals surface area contributed by atoms with E-state index in [-0.39, 0.29) is 5.60 Å². The van der Waals surface area contributed by atoms with Gasteiger partial charge < -0.3 is 4.74 Å². The van der Waals surface area contributed by atoms with E-state index in [1.165, 1.54) is 70.6 Å². The molecule has 0 spiro atoms. The van der Waals surface area contributed by atoms with Crippen molar-refractivity contribution in [2.24, 2.45) is 53.3 Å². The minimum Gasteiger partial charge on any atom is -0.376 e. The van der Waals surface area contributed by atoms with Crippen LogP contribution < -0.4 is 0 Å². The van der Waals surface area contributed by atoms with Gasteiger partial charge in [0.2, 0.25) is 0 Å². The number of nitrogens with zero attached hydrogens (tertiary/aromatic N) is 1. The summed E-state index contributed by atoms with van der Waals surface area (Å²) < 4.78 is 6.18. The molecule has 0 aromatic heterocycles. The third-order valence-corrected chi connectivity index (χ3v) is 23.5. The van der Waals surface area contributed by atoms with Gasteiger partial charge >= 0.3 is 0 Å². The lowest BCUT2D eigenvalue weighted by atomic mass is 9.70. The Hall–Kier alpha value is 0.137. The Morgan fingerprint density at radius 3 is 1.96 bits per heavy atom. The van der Waals surface area contributed by atoms with Gasteiger partial charge in [-0.15, -0.1) is 0 Å². The van der Waals surface area contributed by atoms with Gasteiger partial charge in [0.05, 0.1) is 13.7 Å². The number of likely N-dealkylation sites (tertiary alicyclic amines) is 1. The maximum absolute atomic E-state index is 6.18. The van der Waals surface area contributed by atoms with Crippen molar-refractivity contribution in [3.05, 3.63) is 0 Å². The molecule has 0 aromatic carbocycles. The summed E-state index contributed by atoms with van der Waals surface area (Å²) >= 11 is 0. The summed E-state index contributed by atoms with van der Waals surface area (Å²) in [4.78, 5) is 3.09. The number of fused-ring (bicyclic) bond motifs is 8. The zero-order valence-corrected chi connectivity index (χ0v) is 34.7. The Morgan fingerprint density at radius 2 is 1.22 bits per heavy atom. The van der Waals surface area contributed by atoms with Gasteiger partial charge in [-0.1, -0.05) is 129 Å². The fourth-order valence-corrected chi connectivity index (χ4v) is 23.5. The van der Waals surface area contributed by atoms with E-state index in [2.05, 4.69) is 46.2 Å². The maximum Gasteiger partial charge on any atom is 0.0598 e. The molecule has 0 aromatic rings. The summed E-state index contributed by atoms with van der Waals surface area (Å²) in [6.45, 7) is 13.2. The standard InChI is InChI=1S/C46H83NOSi/c1-7-8-9-12-21-33-28-29-35-34-22-13-15-24-37(34)44(40(35)32-33)49(6,31-20-11-10-19-30-48-46(2,3)4)45-38-25-16-14-23-36(38)43-42(45)39-26-17-18-27-41(39)47(43)5/h33-45H,7-32H2,1-6H3. The van der Waals surface area contributed by atoms with E-state index in [0.717, 1.165) is 83.0 Å². The highest BCUT2D eigenvalue weighted by Gasteiger charge is 2.68. The molecule has 14 atom stereocenters. The molecule has 2 nitrogen and oxygen atoms in total. The van der Waals surface area contributed by atoms with Gasteiger partial charge in [0.25, 0.3) is 0 Å². The average Bonchev–Trinajstić information content (AvgIpc) is 3.72. The van der Waals surface area contributed by atoms with Crippen LogP contribution in [0.25, 0.3) is 0 Å². The summed E-state index contributed by atoms with van der Waals surface area (Å²) in [6, 6.07) is 3.56. The van der Waals surface area contributed by atoms with Crippen LogP contribution in [0.4, 0.5) is 0 Å². The van der Waals surface area contributed by atoms with Crippen LogP contribution in [-0.2, 0) is 4.74 Å². The van der Waals surface area contributed by atoms with E-state index in [0.29, 0.717) is 0 Å². The van der Waals surface area contributed by atoms with E-state index >= 15 is 0 Å². The second-order valence-corrected chi connectivity index (χ2v) is 25.9. The highest BCUT2D eigenvalue weighted by Crippen LogP contribution is 2.72. The summed E-state index contributed by atoms with van der Waals surface area (Å²) in [5, 5.41) is 0. The lowest BCUT2D eigenvalue weighted by Gasteiger charge is -2.52. The van der Waals surface area contributed by atoms with Crippen LogP contribution in [0.1, 0.15) is 182 Å². The van der Waals surface area contributed by atoms with Crippen molar-refractivity contribution in [1.29, 1.82) is 0 Å². The summed E-state index contributed by atoms with van der Waals surface area (Å²) in [5.41, 5.74) is 2.30. The SMILES string of the molecule is CCCCCCC1CCC2C3CCCCC3C([Si](C)(CCCCCCOC(C)(C)C)C3C4CCCCC4C4C3C3CCCCC3N4C)C2C1. The molecule has 0 radical (unpaired) electrons. The van der Waals surface area contributed by atoms with Crippen LogP contribution >= 0.6 is 0 Å². The van der Waals surface area contributed by atoms with E-state index in [4.69, 9.17) is 4.74 Å². The normalized spacial score (nSPS) is 43.3. The second-order valence-electron chi connectivity index (χ2n) is 21.0. The first-order valence-corrected chi connectivity index (χ1v) is 25.9. The minimum absolute atomic E-state index is 0.00979. The number of hydrogen-bond acceptors (Lipinski definition) is 2. The smallest absolute Gasteiger partial charge is 0.0598 e. The van der Waals surface area contributed by atoms with E-state index in [1.54, 1.807) is 89.5 Å². The van der Waals surface area contributed by atoms with Gasteiger partial charge in [-0.25, -0.2) is 0 Å². The molecular weight excluding hydrogens is 611 g/mol. The molecule has 1 saturated heterocycles. The van der Waals surface area contributed by atoms with Gasteiger partial charge in [0.1, 0.15) is 0 Å². The van der Waals surface area contributed by atoms with Crippen molar-refractivity contribution in [2.45, 2.75) is 223 Å². The molecule has 1 heterocycles. The molecule has 0 N–H and O–H groups in total. The van der Waals surface area contributed by atoms with Gasteiger partial charge in [-0.2, -0.15) is 0 Å². The lowest BCUT2D eigenvalue weighted by Crippen LogP contribution is -2.51. The van der Waals surface area contributed by atoms with Crippen LogP contribution in [0.15, 0.2) is 0 Å². The van der Waals surface area contributed by atoms with Crippen LogP contribution in [-0.4, -0.2) is 44.3 Å². The Morgan fingerprint density at radius 1 is 0.612 bits per heavy atom. The first-order chi connectivity index (χ1) is 23.7. The quantitative estimate of drug-likeness (QED) is 0.133. The molecule has 6 saturated carbocycles. The fraction of sp³-hybridized carbons (Fsp3) is 1.00. The Labute approximate surface area is 306 Å². The molecule has 7 fully saturated rings. The summed E-state index contributed by atoms with van der Waals surface area (Å²) in [7, 11) is 1.02. The van der Waals surface area contributed by atoms with E-state index < -0.39 is 8.07 Å². The van der Waals surface area contributed by atoms with Gasteiger partial charge in [-0.05, 0) is 137 Å². The monoisotopic (exact) mass is 694 g/mol. The first kappa shape index (κ1) is 37.5. The van der Waals surface area contributed by atoms with Crippen molar-refractivity contribution in [2.75, 3.05) is 13.7 Å². The molecular formula is C46H83NOSi. The van der Waals surface area contributed by atoms with Gasteiger partial charge in [0, 0.05) is 18.7 Å². The van der Waals surface area contributed by atoms with Crippen molar-refractivity contribution in [3.8, 4) is 0 Å². The molecule has 3 heteroatoms. The average molecular weight is 694 g/mol. The number of ether oxygens (including phenoxy) is 1. The van der Waals surface area contributed by atoms with Gasteiger partial charge in [-0.3, -0.25) is 4.90 Å². The van der Waals surface area contributed by atoms with Gasteiger partial charge in [0.15, 0.2) is 0 Å². The summed E-state index contributed by atoms with van der Waals surface area (Å²) in [5.74, 6) is 9.72. The van der Waals surface area contributed by atoms with Crippen LogP contribution in [0.5, 0.6) is 0 Å². The molecule has 282 valence electrons. The molecule has 0 amide bonds. The highest BCUT2D eigenvalue weighted by molar-refractivity contribution is 6.81. The van der Waals surface area contributed by atoms with Crippen molar-refractivity contribution in [1.82, 2.24) is 4.90 Å². The molecule has 49 heavy (non-hydrogen) atoms. The minimum atomic E-state index is -1.63. The fourth-order valence-electron chi connectivity index (χ4n) is 15.9. The Balaban J connectivity index is 1.20. The Kier molecular flexibility index (Phi) is 12.4.